The Labute approximate surface area is 128 Å². The van der Waals surface area contributed by atoms with Crippen LogP contribution >= 0.6 is 0 Å². The van der Waals surface area contributed by atoms with Gasteiger partial charge in [0.25, 0.3) is 0 Å². The molecule has 114 valence electrons. The largest absolute Gasteiger partial charge is 0.374 e. The molecule has 0 aliphatic carbocycles. The van der Waals surface area contributed by atoms with Gasteiger partial charge < -0.3 is 9.14 Å². The average molecular weight is 297 g/mol. The highest BCUT2D eigenvalue weighted by molar-refractivity contribution is 5.39. The summed E-state index contributed by atoms with van der Waals surface area (Å²) in [5.74, 6) is 0. The summed E-state index contributed by atoms with van der Waals surface area (Å²) in [5, 5.41) is 4.25. The summed E-state index contributed by atoms with van der Waals surface area (Å²) in [5.41, 5.74) is 2.10. The topological polar surface area (TPSA) is 47.6 Å². The second-order valence-electron chi connectivity index (χ2n) is 5.65. The van der Waals surface area contributed by atoms with Crippen molar-refractivity contribution >= 4 is 5.65 Å². The lowest BCUT2D eigenvalue weighted by molar-refractivity contribution is -0.0405. The van der Waals surface area contributed by atoms with Crippen molar-refractivity contribution in [1.29, 1.82) is 0 Å². The summed E-state index contributed by atoms with van der Waals surface area (Å²) in [6.45, 7) is 4.28. The van der Waals surface area contributed by atoms with Crippen LogP contribution in [0.4, 0.5) is 0 Å². The van der Waals surface area contributed by atoms with Gasteiger partial charge in [-0.3, -0.25) is 9.58 Å². The van der Waals surface area contributed by atoms with Gasteiger partial charge >= 0.3 is 0 Å². The van der Waals surface area contributed by atoms with Crippen LogP contribution in [0.5, 0.6) is 0 Å². The van der Waals surface area contributed by atoms with Gasteiger partial charge in [-0.25, -0.2) is 4.98 Å². The van der Waals surface area contributed by atoms with Crippen molar-refractivity contribution in [2.75, 3.05) is 19.7 Å². The molecule has 0 unspecified atom stereocenters. The van der Waals surface area contributed by atoms with Crippen molar-refractivity contribution in [2.24, 2.45) is 0 Å². The number of hydrogen-bond acceptors (Lipinski definition) is 4. The second kappa shape index (κ2) is 5.90. The third-order valence-electron chi connectivity index (χ3n) is 3.97. The van der Waals surface area contributed by atoms with E-state index in [4.69, 9.17) is 4.74 Å². The summed E-state index contributed by atoms with van der Waals surface area (Å²) < 4.78 is 9.85. The Bertz CT molecular complexity index is 703. The Kier molecular flexibility index (Phi) is 3.62. The van der Waals surface area contributed by atoms with E-state index in [1.807, 2.05) is 41.3 Å². The summed E-state index contributed by atoms with van der Waals surface area (Å²) >= 11 is 0. The zero-order chi connectivity index (χ0) is 14.8. The fourth-order valence-corrected chi connectivity index (χ4v) is 2.94. The molecule has 0 aromatic carbocycles. The number of nitrogens with zero attached hydrogens (tertiary/aromatic N) is 5. The third-order valence-corrected chi connectivity index (χ3v) is 3.97. The van der Waals surface area contributed by atoms with Gasteiger partial charge in [-0.2, -0.15) is 5.10 Å². The van der Waals surface area contributed by atoms with Gasteiger partial charge in [0.05, 0.1) is 24.9 Å². The van der Waals surface area contributed by atoms with Crippen LogP contribution in [0, 0.1) is 0 Å². The molecule has 0 amide bonds. The minimum Gasteiger partial charge on any atom is -0.374 e. The first-order valence-corrected chi connectivity index (χ1v) is 7.61. The molecule has 3 aromatic heterocycles. The van der Waals surface area contributed by atoms with Crippen LogP contribution in [-0.2, 0) is 17.8 Å². The number of hydrogen-bond donors (Lipinski definition) is 0. The SMILES string of the molecule is c1ccn2cc(CN3CCO[C@@H](Cn4cccn4)C3)nc2c1. The van der Waals surface area contributed by atoms with Crippen LogP contribution in [0.2, 0.25) is 0 Å². The number of ether oxygens (including phenoxy) is 1. The summed E-state index contributed by atoms with van der Waals surface area (Å²) in [4.78, 5) is 7.07. The number of pyridine rings is 1. The summed E-state index contributed by atoms with van der Waals surface area (Å²) in [7, 11) is 0. The Morgan fingerprint density at radius 2 is 2.23 bits per heavy atom. The van der Waals surface area contributed by atoms with Crippen molar-refractivity contribution in [3.05, 3.63) is 54.7 Å². The molecule has 1 aliphatic heterocycles. The molecule has 22 heavy (non-hydrogen) atoms. The van der Waals surface area contributed by atoms with Gasteiger partial charge in [0.1, 0.15) is 5.65 Å². The number of imidazole rings is 1. The Morgan fingerprint density at radius 3 is 3.09 bits per heavy atom. The lowest BCUT2D eigenvalue weighted by atomic mass is 10.2. The van der Waals surface area contributed by atoms with Gasteiger partial charge in [0.15, 0.2) is 0 Å². The van der Waals surface area contributed by atoms with Gasteiger partial charge in [-0.05, 0) is 18.2 Å². The molecule has 0 saturated carbocycles. The number of fused-ring (bicyclic) bond motifs is 1. The molecule has 3 aromatic rings. The first-order valence-electron chi connectivity index (χ1n) is 7.61. The van der Waals surface area contributed by atoms with E-state index in [1.165, 1.54) is 0 Å². The molecule has 4 rings (SSSR count). The van der Waals surface area contributed by atoms with Crippen molar-refractivity contribution < 1.29 is 4.74 Å². The first-order chi connectivity index (χ1) is 10.9. The lowest BCUT2D eigenvalue weighted by Crippen LogP contribution is -2.43. The van der Waals surface area contributed by atoms with E-state index in [9.17, 15) is 0 Å². The van der Waals surface area contributed by atoms with Crippen LogP contribution < -0.4 is 0 Å². The zero-order valence-corrected chi connectivity index (χ0v) is 12.4. The van der Waals surface area contributed by atoms with E-state index in [-0.39, 0.29) is 6.10 Å². The van der Waals surface area contributed by atoms with Gasteiger partial charge in [0.2, 0.25) is 0 Å². The molecule has 1 atom stereocenters. The van der Waals surface area contributed by atoms with Crippen molar-refractivity contribution in [3.63, 3.8) is 0 Å². The van der Waals surface area contributed by atoms with Crippen LogP contribution in [0.3, 0.4) is 0 Å². The molecule has 6 heteroatoms. The summed E-state index contributed by atoms with van der Waals surface area (Å²) in [6.07, 6.45) is 8.10. The highest BCUT2D eigenvalue weighted by Crippen LogP contribution is 2.12. The predicted octanol–water partition coefficient (Wildman–Crippen LogP) is 1.43. The maximum atomic E-state index is 5.85. The number of aromatic nitrogens is 4. The predicted molar refractivity (Wildman–Crippen MR) is 82.4 cm³/mol. The molecule has 4 heterocycles. The quantitative estimate of drug-likeness (QED) is 0.731. The molecule has 0 spiro atoms. The zero-order valence-electron chi connectivity index (χ0n) is 12.4. The third kappa shape index (κ3) is 2.88. The second-order valence-corrected chi connectivity index (χ2v) is 5.65. The minimum atomic E-state index is 0.186. The monoisotopic (exact) mass is 297 g/mol. The van der Waals surface area contributed by atoms with Crippen molar-refractivity contribution in [2.45, 2.75) is 19.2 Å². The van der Waals surface area contributed by atoms with E-state index < -0.39 is 0 Å². The maximum Gasteiger partial charge on any atom is 0.137 e. The Balaban J connectivity index is 1.41. The average Bonchev–Trinajstić information content (AvgIpc) is 3.16. The highest BCUT2D eigenvalue weighted by atomic mass is 16.5. The van der Waals surface area contributed by atoms with Crippen LogP contribution in [-0.4, -0.2) is 49.9 Å². The van der Waals surface area contributed by atoms with E-state index >= 15 is 0 Å². The minimum absolute atomic E-state index is 0.186. The summed E-state index contributed by atoms with van der Waals surface area (Å²) in [6, 6.07) is 8.01. The first kappa shape index (κ1) is 13.5. The van der Waals surface area contributed by atoms with E-state index in [0.717, 1.165) is 44.1 Å². The van der Waals surface area contributed by atoms with Crippen molar-refractivity contribution in [1.82, 2.24) is 24.1 Å². The molecule has 0 N–H and O–H groups in total. The smallest absolute Gasteiger partial charge is 0.137 e. The molecule has 1 fully saturated rings. The molecular formula is C16H19N5O. The van der Waals surface area contributed by atoms with E-state index in [1.54, 1.807) is 6.20 Å². The van der Waals surface area contributed by atoms with E-state index in [2.05, 4.69) is 25.6 Å². The standard InChI is InChI=1S/C16H19N5O/c1-2-6-20-11-14(18-16(20)4-1)10-19-8-9-22-15(12-19)13-21-7-3-5-17-21/h1-7,11,15H,8-10,12-13H2/t15-/m1/s1. The maximum absolute atomic E-state index is 5.85. The fourth-order valence-electron chi connectivity index (χ4n) is 2.94. The van der Waals surface area contributed by atoms with Gasteiger partial charge in [0, 0.05) is 44.4 Å². The molecule has 1 saturated heterocycles. The molecule has 6 nitrogen and oxygen atoms in total. The molecule has 0 bridgehead atoms. The van der Waals surface area contributed by atoms with Gasteiger partial charge in [-0.15, -0.1) is 0 Å². The normalized spacial score (nSPS) is 19.7. The Morgan fingerprint density at radius 1 is 1.23 bits per heavy atom. The molecule has 0 radical (unpaired) electrons. The number of rotatable bonds is 4. The van der Waals surface area contributed by atoms with E-state index in [0.29, 0.717) is 0 Å². The van der Waals surface area contributed by atoms with Crippen molar-refractivity contribution in [3.8, 4) is 0 Å². The van der Waals surface area contributed by atoms with Crippen LogP contribution in [0.1, 0.15) is 5.69 Å². The number of morpholine rings is 1. The Hall–Kier alpha value is -2.18. The molecular weight excluding hydrogens is 278 g/mol. The fraction of sp³-hybridized carbons (Fsp3) is 0.375. The van der Waals surface area contributed by atoms with Gasteiger partial charge in [-0.1, -0.05) is 6.07 Å². The van der Waals surface area contributed by atoms with Crippen LogP contribution in [0.25, 0.3) is 5.65 Å². The molecule has 1 aliphatic rings. The van der Waals surface area contributed by atoms with Crippen LogP contribution in [0.15, 0.2) is 49.1 Å². The highest BCUT2D eigenvalue weighted by Gasteiger charge is 2.21. The lowest BCUT2D eigenvalue weighted by Gasteiger charge is -2.32.